The number of nitrogens with zero attached hydrogens (tertiary/aromatic N) is 2. The Labute approximate surface area is 228 Å². The van der Waals surface area contributed by atoms with E-state index in [1.165, 1.54) is 37.6 Å². The van der Waals surface area contributed by atoms with Gasteiger partial charge in [0.1, 0.15) is 12.2 Å². The summed E-state index contributed by atoms with van der Waals surface area (Å²) in [6.45, 7) is 0.257. The average molecular weight is 640 g/mol. The van der Waals surface area contributed by atoms with Gasteiger partial charge in [-0.3, -0.25) is 14.9 Å². The molecule has 0 radical (unpaired) electrons. The molecule has 184 valence electrons. The van der Waals surface area contributed by atoms with E-state index in [9.17, 15) is 14.9 Å². The summed E-state index contributed by atoms with van der Waals surface area (Å²) in [7, 11) is 1.52. The summed E-state index contributed by atoms with van der Waals surface area (Å²) in [6.07, 6.45) is 1.44. The quantitative estimate of drug-likeness (QED) is 0.100. The maximum atomic E-state index is 12.4. The molecule has 0 atom stereocenters. The maximum absolute atomic E-state index is 12.4. The van der Waals surface area contributed by atoms with Crippen molar-refractivity contribution in [3.05, 3.63) is 95.2 Å². The number of hydrogen-bond acceptors (Lipinski definition) is 7. The van der Waals surface area contributed by atoms with Crippen LogP contribution in [0.4, 0.5) is 5.69 Å². The number of furan rings is 1. The van der Waals surface area contributed by atoms with Crippen LogP contribution in [0.5, 0.6) is 11.5 Å². The number of ether oxygens (including phenoxy) is 2. The number of nitro benzene ring substituents is 1. The first-order chi connectivity index (χ1) is 17.2. The van der Waals surface area contributed by atoms with Gasteiger partial charge in [0, 0.05) is 17.5 Å². The highest BCUT2D eigenvalue weighted by Gasteiger charge is 2.15. The number of nitro groups is 1. The second-order valence-electron chi connectivity index (χ2n) is 7.36. The molecule has 12 heteroatoms. The molecule has 0 bridgehead atoms. The van der Waals surface area contributed by atoms with Gasteiger partial charge in [0.25, 0.3) is 5.69 Å². The molecule has 1 aromatic heterocycles. The highest BCUT2D eigenvalue weighted by Crippen LogP contribution is 2.34. The third-order valence-electron chi connectivity index (χ3n) is 4.93. The molecule has 36 heavy (non-hydrogen) atoms. The molecule has 1 amide bonds. The van der Waals surface area contributed by atoms with Crippen molar-refractivity contribution in [2.45, 2.75) is 6.61 Å². The van der Waals surface area contributed by atoms with Crippen molar-refractivity contribution in [3.63, 3.8) is 0 Å². The zero-order valence-corrected chi connectivity index (χ0v) is 22.1. The van der Waals surface area contributed by atoms with Crippen LogP contribution in [-0.2, 0) is 6.61 Å². The lowest BCUT2D eigenvalue weighted by Gasteiger charge is -2.14. The first kappa shape index (κ1) is 25.7. The number of methoxy groups -OCH3 is 1. The molecule has 3 aromatic carbocycles. The second kappa shape index (κ2) is 11.1. The summed E-state index contributed by atoms with van der Waals surface area (Å²) in [6, 6.07) is 14.3. The number of benzene rings is 3. The second-order valence-corrected chi connectivity index (χ2v) is 9.34. The number of non-ortho nitro benzene ring substituents is 1. The average Bonchev–Trinajstić information content (AvgIpc) is 3.28. The number of rotatable bonds is 8. The Kier molecular flexibility index (Phi) is 7.97. The van der Waals surface area contributed by atoms with Crippen molar-refractivity contribution >= 4 is 74.6 Å². The number of halogens is 3. The zero-order valence-electron chi connectivity index (χ0n) is 18.5. The van der Waals surface area contributed by atoms with Crippen LogP contribution >= 0.6 is 45.8 Å². The van der Waals surface area contributed by atoms with Gasteiger partial charge >= 0.3 is 5.91 Å². The number of carbonyl (C=O) groups is 1. The number of amides is 1. The normalized spacial score (nSPS) is 11.1. The fourth-order valence-electron chi connectivity index (χ4n) is 3.22. The van der Waals surface area contributed by atoms with Crippen LogP contribution in [0.2, 0.25) is 10.0 Å². The summed E-state index contributed by atoms with van der Waals surface area (Å²) < 4.78 is 17.6. The van der Waals surface area contributed by atoms with E-state index in [-0.39, 0.29) is 18.1 Å². The van der Waals surface area contributed by atoms with E-state index >= 15 is 0 Å². The Balaban J connectivity index is 1.44. The van der Waals surface area contributed by atoms with Gasteiger partial charge in [-0.25, -0.2) is 5.43 Å². The molecular formula is C24H16Cl2IN3O6. The third kappa shape index (κ3) is 5.89. The Morgan fingerprint density at radius 2 is 1.97 bits per heavy atom. The molecule has 0 fully saturated rings. The SMILES string of the molecule is COc1cc(/C=N/NC(=O)c2cc3cc([N+](=O)[O-])ccc3o2)cc(I)c1OCc1ccc(Cl)c(Cl)c1. The van der Waals surface area contributed by atoms with Crippen molar-refractivity contribution in [1.82, 2.24) is 5.43 Å². The molecule has 0 aliphatic heterocycles. The van der Waals surface area contributed by atoms with Gasteiger partial charge in [-0.05, 0) is 70.1 Å². The molecule has 4 aromatic rings. The smallest absolute Gasteiger partial charge is 0.307 e. The summed E-state index contributed by atoms with van der Waals surface area (Å²) in [5.74, 6) is 0.393. The van der Waals surface area contributed by atoms with Crippen LogP contribution in [0.1, 0.15) is 21.7 Å². The number of hydrazone groups is 1. The Bertz CT molecular complexity index is 1500. The highest BCUT2D eigenvalue weighted by molar-refractivity contribution is 14.1. The van der Waals surface area contributed by atoms with E-state index in [4.69, 9.17) is 37.1 Å². The lowest BCUT2D eigenvalue weighted by atomic mass is 10.2. The standard InChI is InChI=1S/C24H16Cl2IN3O6/c1-34-21-8-14(7-19(27)23(21)35-12-13-2-4-17(25)18(26)6-13)11-28-29-24(31)22-10-15-9-16(30(32)33)3-5-20(15)36-22/h2-11H,12H2,1H3,(H,29,31)/b28-11+. The molecule has 4 rings (SSSR count). The molecule has 1 N–H and O–H groups in total. The molecule has 0 saturated heterocycles. The monoisotopic (exact) mass is 639 g/mol. The Hall–Kier alpha value is -3.35. The zero-order chi connectivity index (χ0) is 25.8. The summed E-state index contributed by atoms with van der Waals surface area (Å²) in [5.41, 5.74) is 4.13. The summed E-state index contributed by atoms with van der Waals surface area (Å²) in [4.78, 5) is 22.8. The molecule has 0 unspecified atom stereocenters. The largest absolute Gasteiger partial charge is 0.493 e. The minimum Gasteiger partial charge on any atom is -0.493 e. The van der Waals surface area contributed by atoms with Crippen LogP contribution in [0.15, 0.2) is 64.1 Å². The highest BCUT2D eigenvalue weighted by atomic mass is 127. The Morgan fingerprint density at radius 3 is 2.69 bits per heavy atom. The predicted molar refractivity (Wildman–Crippen MR) is 144 cm³/mol. The predicted octanol–water partition coefficient (Wildman–Crippen LogP) is 6.60. The van der Waals surface area contributed by atoms with Gasteiger partial charge in [-0.2, -0.15) is 5.10 Å². The van der Waals surface area contributed by atoms with Crippen LogP contribution in [0, 0.1) is 13.7 Å². The topological polar surface area (TPSA) is 116 Å². The van der Waals surface area contributed by atoms with Crippen molar-refractivity contribution in [2.24, 2.45) is 5.10 Å². The maximum Gasteiger partial charge on any atom is 0.307 e. The van der Waals surface area contributed by atoms with Crippen LogP contribution in [0.25, 0.3) is 11.0 Å². The first-order valence-electron chi connectivity index (χ1n) is 10.2. The molecular weight excluding hydrogens is 624 g/mol. The van der Waals surface area contributed by atoms with Gasteiger partial charge in [-0.1, -0.05) is 29.3 Å². The molecule has 0 spiro atoms. The van der Waals surface area contributed by atoms with E-state index in [2.05, 4.69) is 33.1 Å². The lowest BCUT2D eigenvalue weighted by Crippen LogP contribution is -2.16. The van der Waals surface area contributed by atoms with Gasteiger partial charge in [0.2, 0.25) is 0 Å². The lowest BCUT2D eigenvalue weighted by molar-refractivity contribution is -0.384. The molecule has 1 heterocycles. The number of fused-ring (bicyclic) bond motifs is 1. The molecule has 9 nitrogen and oxygen atoms in total. The molecule has 0 aliphatic rings. The molecule has 0 saturated carbocycles. The van der Waals surface area contributed by atoms with Crippen molar-refractivity contribution in [1.29, 1.82) is 0 Å². The van der Waals surface area contributed by atoms with E-state index < -0.39 is 10.8 Å². The van der Waals surface area contributed by atoms with E-state index in [1.807, 2.05) is 12.1 Å². The van der Waals surface area contributed by atoms with E-state index in [1.54, 1.807) is 18.2 Å². The van der Waals surface area contributed by atoms with Gasteiger partial charge in [-0.15, -0.1) is 0 Å². The van der Waals surface area contributed by atoms with Crippen molar-refractivity contribution in [2.75, 3.05) is 7.11 Å². The van der Waals surface area contributed by atoms with Gasteiger partial charge in [0.05, 0.1) is 31.9 Å². The van der Waals surface area contributed by atoms with Gasteiger partial charge in [0.15, 0.2) is 17.3 Å². The summed E-state index contributed by atoms with van der Waals surface area (Å²) >= 11 is 14.1. The minimum atomic E-state index is -0.603. The molecule has 0 aliphatic carbocycles. The fraction of sp³-hybridized carbons (Fsp3) is 0.0833. The number of carbonyl (C=O) groups excluding carboxylic acids is 1. The summed E-state index contributed by atoms with van der Waals surface area (Å²) in [5, 5.41) is 16.2. The number of nitrogens with one attached hydrogen (secondary N) is 1. The Morgan fingerprint density at radius 1 is 1.17 bits per heavy atom. The first-order valence-corrected chi connectivity index (χ1v) is 12.0. The van der Waals surface area contributed by atoms with E-state index in [0.29, 0.717) is 38.1 Å². The van der Waals surface area contributed by atoms with Crippen LogP contribution < -0.4 is 14.9 Å². The van der Waals surface area contributed by atoms with E-state index in [0.717, 1.165) is 9.13 Å². The number of hydrogen-bond donors (Lipinski definition) is 1. The fourth-order valence-corrected chi connectivity index (χ4v) is 4.32. The van der Waals surface area contributed by atoms with Crippen LogP contribution in [0.3, 0.4) is 0 Å². The van der Waals surface area contributed by atoms with Gasteiger partial charge < -0.3 is 13.9 Å². The van der Waals surface area contributed by atoms with Crippen molar-refractivity contribution < 1.29 is 23.6 Å². The van der Waals surface area contributed by atoms with Crippen LogP contribution in [-0.4, -0.2) is 24.2 Å². The van der Waals surface area contributed by atoms with Crippen molar-refractivity contribution in [3.8, 4) is 11.5 Å². The third-order valence-corrected chi connectivity index (χ3v) is 6.47. The minimum absolute atomic E-state index is 0.0270.